The van der Waals surface area contributed by atoms with E-state index < -0.39 is 0 Å². The van der Waals surface area contributed by atoms with Crippen LogP contribution in [0.2, 0.25) is 5.02 Å². The number of nitrogens with zero attached hydrogens (tertiary/aromatic N) is 3. The molecule has 6 nitrogen and oxygen atoms in total. The maximum atomic E-state index is 12.7. The summed E-state index contributed by atoms with van der Waals surface area (Å²) in [6, 6.07) is 9.86. The molecule has 0 spiro atoms. The number of benzene rings is 1. The third-order valence-electron chi connectivity index (χ3n) is 5.72. The number of carbonyl (C=O) groups excluding carboxylic acids is 1. The van der Waals surface area contributed by atoms with Crippen LogP contribution in [0.3, 0.4) is 0 Å². The molecular formula is C22H29ClN4O2. The molecule has 0 radical (unpaired) electrons. The number of amides is 1. The van der Waals surface area contributed by atoms with Crippen LogP contribution in [-0.2, 0) is 11.3 Å². The van der Waals surface area contributed by atoms with Gasteiger partial charge in [-0.3, -0.25) is 9.59 Å². The van der Waals surface area contributed by atoms with Gasteiger partial charge in [-0.05, 0) is 31.2 Å². The van der Waals surface area contributed by atoms with Gasteiger partial charge >= 0.3 is 0 Å². The Bertz CT molecular complexity index is 889. The second kappa shape index (κ2) is 9.44. The fourth-order valence-electron chi connectivity index (χ4n) is 3.44. The van der Waals surface area contributed by atoms with Crippen LogP contribution >= 0.6 is 11.6 Å². The molecule has 1 aliphatic rings. The van der Waals surface area contributed by atoms with E-state index in [0.717, 1.165) is 18.4 Å². The van der Waals surface area contributed by atoms with E-state index in [-0.39, 0.29) is 28.4 Å². The van der Waals surface area contributed by atoms with Crippen LogP contribution in [0.1, 0.15) is 39.2 Å². The van der Waals surface area contributed by atoms with Gasteiger partial charge in [0.2, 0.25) is 5.91 Å². The molecule has 1 aliphatic heterocycles. The summed E-state index contributed by atoms with van der Waals surface area (Å²) in [6.07, 6.45) is 3.13. The molecule has 1 N–H and O–H groups in total. The lowest BCUT2D eigenvalue weighted by molar-refractivity contribution is -0.126. The maximum Gasteiger partial charge on any atom is 0.287 e. The van der Waals surface area contributed by atoms with Gasteiger partial charge in [-0.2, -0.15) is 5.10 Å². The van der Waals surface area contributed by atoms with Gasteiger partial charge in [0, 0.05) is 25.0 Å². The highest BCUT2D eigenvalue weighted by Gasteiger charge is 2.28. The summed E-state index contributed by atoms with van der Waals surface area (Å²) in [7, 11) is 0. The van der Waals surface area contributed by atoms with Gasteiger partial charge in [0.25, 0.3) is 5.56 Å². The van der Waals surface area contributed by atoms with Gasteiger partial charge in [-0.15, -0.1) is 0 Å². The topological polar surface area (TPSA) is 67.2 Å². The van der Waals surface area contributed by atoms with Crippen molar-refractivity contribution in [3.05, 3.63) is 57.5 Å². The number of hydrogen-bond donors (Lipinski definition) is 1. The minimum absolute atomic E-state index is 0.00219. The largest absolute Gasteiger partial charge is 0.369 e. The first kappa shape index (κ1) is 21.4. The number of halogens is 1. The maximum absolute atomic E-state index is 12.7. The second-order valence-electron chi connectivity index (χ2n) is 8.09. The Labute approximate surface area is 176 Å². The van der Waals surface area contributed by atoms with Crippen molar-refractivity contribution in [1.29, 1.82) is 0 Å². The number of rotatable bonds is 6. The zero-order valence-electron chi connectivity index (χ0n) is 17.3. The first-order chi connectivity index (χ1) is 13.9. The molecule has 1 fully saturated rings. The van der Waals surface area contributed by atoms with Gasteiger partial charge in [-0.1, -0.05) is 55.8 Å². The molecule has 0 saturated carbocycles. The highest BCUT2D eigenvalue weighted by Crippen LogP contribution is 2.27. The standard InChI is InChI=1S/C22H29ClN4O2/c1-15(2)16(3)25-21(28)18-9-11-26(12-10-18)19-13-24-27(22(29)20(19)23)14-17-7-5-4-6-8-17/h4-8,13,15-16,18H,9-12,14H2,1-3H3,(H,25,28). The summed E-state index contributed by atoms with van der Waals surface area (Å²) in [5.74, 6) is 0.525. The van der Waals surface area contributed by atoms with Crippen LogP contribution in [0.25, 0.3) is 0 Å². The van der Waals surface area contributed by atoms with E-state index in [1.807, 2.05) is 37.3 Å². The van der Waals surface area contributed by atoms with Crippen LogP contribution < -0.4 is 15.8 Å². The first-order valence-electron chi connectivity index (χ1n) is 10.2. The summed E-state index contributed by atoms with van der Waals surface area (Å²) in [5.41, 5.74) is 1.35. The van der Waals surface area contributed by atoms with E-state index in [4.69, 9.17) is 11.6 Å². The minimum atomic E-state index is -0.293. The average molecular weight is 417 g/mol. The normalized spacial score (nSPS) is 16.1. The molecule has 2 aromatic rings. The highest BCUT2D eigenvalue weighted by molar-refractivity contribution is 6.33. The number of hydrogen-bond acceptors (Lipinski definition) is 4. The molecule has 3 rings (SSSR count). The molecule has 156 valence electrons. The van der Waals surface area contributed by atoms with Crippen molar-refractivity contribution in [1.82, 2.24) is 15.1 Å². The number of anilines is 1. The van der Waals surface area contributed by atoms with Crippen molar-refractivity contribution >= 4 is 23.2 Å². The predicted molar refractivity (Wildman–Crippen MR) is 116 cm³/mol. The zero-order valence-corrected chi connectivity index (χ0v) is 18.0. The zero-order chi connectivity index (χ0) is 21.0. The molecule has 1 amide bonds. The van der Waals surface area contributed by atoms with E-state index in [0.29, 0.717) is 31.2 Å². The van der Waals surface area contributed by atoms with E-state index in [1.54, 1.807) is 6.20 Å². The van der Waals surface area contributed by atoms with Crippen LogP contribution in [0.4, 0.5) is 5.69 Å². The van der Waals surface area contributed by atoms with Crippen molar-refractivity contribution in [3.8, 4) is 0 Å². The Hall–Kier alpha value is -2.34. The monoisotopic (exact) mass is 416 g/mol. The Morgan fingerprint density at radius 2 is 1.86 bits per heavy atom. The lowest BCUT2D eigenvalue weighted by Crippen LogP contribution is -2.44. The van der Waals surface area contributed by atoms with Crippen LogP contribution in [0, 0.1) is 11.8 Å². The van der Waals surface area contributed by atoms with Gasteiger partial charge < -0.3 is 10.2 Å². The molecule has 1 aromatic carbocycles. The van der Waals surface area contributed by atoms with Crippen molar-refractivity contribution < 1.29 is 4.79 Å². The summed E-state index contributed by atoms with van der Waals surface area (Å²) in [5, 5.41) is 7.61. The smallest absolute Gasteiger partial charge is 0.287 e. The number of nitrogens with one attached hydrogen (secondary N) is 1. The van der Waals surface area contributed by atoms with Crippen LogP contribution in [-0.4, -0.2) is 34.8 Å². The van der Waals surface area contributed by atoms with Crippen LogP contribution in [0.5, 0.6) is 0 Å². The summed E-state index contributed by atoms with van der Waals surface area (Å²) in [4.78, 5) is 27.2. The first-order valence-corrected chi connectivity index (χ1v) is 10.6. The summed E-state index contributed by atoms with van der Waals surface area (Å²) < 4.78 is 1.38. The van der Waals surface area contributed by atoms with E-state index in [1.165, 1.54) is 4.68 Å². The predicted octanol–water partition coefficient (Wildman–Crippen LogP) is 3.32. The van der Waals surface area contributed by atoms with Gasteiger partial charge in [0.1, 0.15) is 5.02 Å². The van der Waals surface area contributed by atoms with E-state index in [9.17, 15) is 9.59 Å². The quantitative estimate of drug-likeness (QED) is 0.784. The highest BCUT2D eigenvalue weighted by atomic mass is 35.5. The molecule has 0 aliphatic carbocycles. The lowest BCUT2D eigenvalue weighted by atomic mass is 9.94. The molecule has 2 heterocycles. The third-order valence-corrected chi connectivity index (χ3v) is 6.07. The Morgan fingerprint density at radius 1 is 1.21 bits per heavy atom. The number of piperidine rings is 1. The van der Waals surface area contributed by atoms with Gasteiger partial charge in [0.05, 0.1) is 18.4 Å². The number of aromatic nitrogens is 2. The summed E-state index contributed by atoms with van der Waals surface area (Å²) in [6.45, 7) is 7.98. The SMILES string of the molecule is CC(C)C(C)NC(=O)C1CCN(c2cnn(Cc3ccccc3)c(=O)c2Cl)CC1. The average Bonchev–Trinajstić information content (AvgIpc) is 2.72. The van der Waals surface area contributed by atoms with E-state index >= 15 is 0 Å². The minimum Gasteiger partial charge on any atom is -0.369 e. The van der Waals surface area contributed by atoms with Gasteiger partial charge in [-0.25, -0.2) is 4.68 Å². The van der Waals surface area contributed by atoms with Crippen molar-refractivity contribution in [3.63, 3.8) is 0 Å². The molecular weight excluding hydrogens is 388 g/mol. The van der Waals surface area contributed by atoms with Gasteiger partial charge in [0.15, 0.2) is 0 Å². The van der Waals surface area contributed by atoms with Crippen molar-refractivity contribution in [2.75, 3.05) is 18.0 Å². The fraction of sp³-hybridized carbons (Fsp3) is 0.500. The number of carbonyl (C=O) groups is 1. The fourth-order valence-corrected chi connectivity index (χ4v) is 3.70. The van der Waals surface area contributed by atoms with E-state index in [2.05, 4.69) is 29.2 Å². The molecule has 29 heavy (non-hydrogen) atoms. The molecule has 1 atom stereocenters. The molecule has 1 unspecified atom stereocenters. The van der Waals surface area contributed by atoms with Crippen molar-refractivity contribution in [2.45, 2.75) is 46.2 Å². The molecule has 7 heteroatoms. The molecule has 0 bridgehead atoms. The summed E-state index contributed by atoms with van der Waals surface area (Å²) >= 11 is 6.41. The lowest BCUT2D eigenvalue weighted by Gasteiger charge is -2.33. The van der Waals surface area contributed by atoms with Crippen LogP contribution in [0.15, 0.2) is 41.3 Å². The molecule has 1 saturated heterocycles. The van der Waals surface area contributed by atoms with Crippen molar-refractivity contribution in [2.24, 2.45) is 11.8 Å². The third kappa shape index (κ3) is 5.18. The Kier molecular flexibility index (Phi) is 6.96. The Balaban J connectivity index is 1.64. The second-order valence-corrected chi connectivity index (χ2v) is 8.47. The Morgan fingerprint density at radius 3 is 2.48 bits per heavy atom. The molecule has 1 aromatic heterocycles.